The zero-order valence-electron chi connectivity index (χ0n) is 19.9. The number of likely N-dealkylation sites (N-methyl/N-ethyl adjacent to an activating group) is 1. The molecule has 0 unspecified atom stereocenters. The van der Waals surface area contributed by atoms with E-state index in [4.69, 9.17) is 4.74 Å². The Morgan fingerprint density at radius 3 is 2.09 bits per heavy atom. The molecule has 0 spiro atoms. The third-order valence-corrected chi connectivity index (χ3v) is 6.37. The first kappa shape index (κ1) is 25.2. The number of nitrogens with one attached hydrogen (secondary N) is 1. The van der Waals surface area contributed by atoms with E-state index in [1.165, 1.54) is 24.3 Å². The summed E-state index contributed by atoms with van der Waals surface area (Å²) in [4.78, 5) is 42.5. The van der Waals surface area contributed by atoms with Gasteiger partial charge in [-0.05, 0) is 81.1 Å². The van der Waals surface area contributed by atoms with Crippen LogP contribution in [0, 0.1) is 11.7 Å². The summed E-state index contributed by atoms with van der Waals surface area (Å²) in [5.41, 5.74) is 0.880. The normalized spacial score (nSPS) is 14.9. The predicted molar refractivity (Wildman–Crippen MR) is 127 cm³/mol. The molecule has 0 radical (unpaired) electrons. The largest absolute Gasteiger partial charge is 0.497 e. The Hall–Kier alpha value is -3.42. The number of ether oxygens (including phenoxy) is 1. The molecule has 2 aromatic rings. The highest BCUT2D eigenvalue weighted by molar-refractivity contribution is 5.97. The van der Waals surface area contributed by atoms with Crippen molar-refractivity contribution >= 4 is 17.7 Å². The van der Waals surface area contributed by atoms with Gasteiger partial charge in [-0.3, -0.25) is 14.4 Å². The first-order chi connectivity index (χ1) is 16.4. The molecule has 7 nitrogen and oxygen atoms in total. The van der Waals surface area contributed by atoms with E-state index in [9.17, 15) is 18.8 Å². The Kier molecular flexibility index (Phi) is 8.62. The van der Waals surface area contributed by atoms with Gasteiger partial charge in [0.15, 0.2) is 0 Å². The zero-order chi connectivity index (χ0) is 24.7. The van der Waals surface area contributed by atoms with Crippen molar-refractivity contribution in [1.82, 2.24) is 15.1 Å². The van der Waals surface area contributed by atoms with Crippen molar-refractivity contribution in [3.63, 3.8) is 0 Å². The molecule has 182 valence electrons. The van der Waals surface area contributed by atoms with Crippen LogP contribution in [-0.4, -0.2) is 66.9 Å². The Morgan fingerprint density at radius 2 is 1.56 bits per heavy atom. The summed E-state index contributed by atoms with van der Waals surface area (Å²) in [5.74, 6) is -0.478. The maximum absolute atomic E-state index is 13.3. The molecule has 1 N–H and O–H groups in total. The van der Waals surface area contributed by atoms with Crippen LogP contribution in [0.25, 0.3) is 0 Å². The fraction of sp³-hybridized carbons (Fsp3) is 0.423. The number of halogens is 1. The average Bonchev–Trinajstić information content (AvgIpc) is 2.88. The molecule has 1 saturated heterocycles. The lowest BCUT2D eigenvalue weighted by Gasteiger charge is -2.37. The number of piperidine rings is 1. The quantitative estimate of drug-likeness (QED) is 0.643. The highest BCUT2D eigenvalue weighted by Crippen LogP contribution is 2.24. The van der Waals surface area contributed by atoms with Crippen molar-refractivity contribution in [1.29, 1.82) is 0 Å². The van der Waals surface area contributed by atoms with Crippen LogP contribution in [0.3, 0.4) is 0 Å². The molecule has 0 bridgehead atoms. The molecule has 3 rings (SSSR count). The molecule has 34 heavy (non-hydrogen) atoms. The molecule has 0 saturated carbocycles. The highest BCUT2D eigenvalue weighted by Gasteiger charge is 2.35. The van der Waals surface area contributed by atoms with Gasteiger partial charge in [0.2, 0.25) is 5.91 Å². The topological polar surface area (TPSA) is 79.0 Å². The van der Waals surface area contributed by atoms with Crippen LogP contribution in [-0.2, 0) is 4.79 Å². The molecule has 1 atom stereocenters. The maximum atomic E-state index is 13.3. The highest BCUT2D eigenvalue weighted by atomic mass is 19.1. The average molecular weight is 470 g/mol. The van der Waals surface area contributed by atoms with Gasteiger partial charge in [0.25, 0.3) is 11.8 Å². The fourth-order valence-electron chi connectivity index (χ4n) is 4.29. The molecule has 1 fully saturated rings. The second kappa shape index (κ2) is 11.6. The number of benzene rings is 2. The van der Waals surface area contributed by atoms with E-state index >= 15 is 0 Å². The second-order valence-corrected chi connectivity index (χ2v) is 8.33. The Bertz CT molecular complexity index is 982. The summed E-state index contributed by atoms with van der Waals surface area (Å²) in [6.45, 7) is 5.85. The first-order valence-electron chi connectivity index (χ1n) is 11.7. The number of nitrogens with zero attached hydrogens (tertiary/aromatic N) is 2. The molecule has 8 heteroatoms. The third kappa shape index (κ3) is 5.92. The molecular weight excluding hydrogens is 437 g/mol. The van der Waals surface area contributed by atoms with Crippen LogP contribution in [0.4, 0.5) is 4.39 Å². The number of methoxy groups -OCH3 is 1. The van der Waals surface area contributed by atoms with Gasteiger partial charge in [0, 0.05) is 37.3 Å². The number of likely N-dealkylation sites (tertiary alicyclic amines) is 1. The lowest BCUT2D eigenvalue weighted by atomic mass is 9.87. The van der Waals surface area contributed by atoms with E-state index in [0.717, 1.165) is 0 Å². The van der Waals surface area contributed by atoms with Crippen LogP contribution in [0.5, 0.6) is 5.75 Å². The van der Waals surface area contributed by atoms with E-state index in [0.29, 0.717) is 55.9 Å². The third-order valence-electron chi connectivity index (χ3n) is 6.37. The van der Waals surface area contributed by atoms with Crippen molar-refractivity contribution < 1.29 is 23.5 Å². The maximum Gasteiger partial charge on any atom is 0.253 e. The molecular formula is C26H32FN3O4. The number of rotatable bonds is 8. The SMILES string of the molecule is CCN(CC)C(=O)[C@@H](NC(=O)c1ccc(F)cc1)C1CCN(C(=O)c2ccc(OC)cc2)CC1. The van der Waals surface area contributed by atoms with Gasteiger partial charge in [-0.1, -0.05) is 0 Å². The summed E-state index contributed by atoms with van der Waals surface area (Å²) in [5, 5.41) is 2.89. The number of carbonyl (C=O) groups is 3. The van der Waals surface area contributed by atoms with E-state index in [1.807, 2.05) is 13.8 Å². The Morgan fingerprint density at radius 1 is 1.00 bits per heavy atom. The molecule has 3 amide bonds. The second-order valence-electron chi connectivity index (χ2n) is 8.33. The van der Waals surface area contributed by atoms with Crippen LogP contribution < -0.4 is 10.1 Å². The monoisotopic (exact) mass is 469 g/mol. The summed E-state index contributed by atoms with van der Waals surface area (Å²) in [6.07, 6.45) is 1.17. The van der Waals surface area contributed by atoms with Crippen molar-refractivity contribution in [2.45, 2.75) is 32.7 Å². The summed E-state index contributed by atoms with van der Waals surface area (Å²) in [7, 11) is 1.58. The van der Waals surface area contributed by atoms with Gasteiger partial charge in [-0.25, -0.2) is 4.39 Å². The van der Waals surface area contributed by atoms with E-state index in [-0.39, 0.29) is 17.7 Å². The molecule has 0 aromatic heterocycles. The predicted octanol–water partition coefficient (Wildman–Crippen LogP) is 3.35. The van der Waals surface area contributed by atoms with E-state index < -0.39 is 17.8 Å². The first-order valence-corrected chi connectivity index (χ1v) is 11.7. The lowest BCUT2D eigenvalue weighted by Crippen LogP contribution is -2.54. The van der Waals surface area contributed by atoms with Gasteiger partial charge >= 0.3 is 0 Å². The standard InChI is InChI=1S/C26H32FN3O4/c1-4-29(5-2)26(33)23(28-24(31)19-6-10-21(27)11-7-19)18-14-16-30(17-15-18)25(32)20-8-12-22(34-3)13-9-20/h6-13,18,23H,4-5,14-17H2,1-3H3,(H,28,31)/t23-/m0/s1. The lowest BCUT2D eigenvalue weighted by molar-refractivity contribution is -0.134. The number of amides is 3. The molecule has 1 aliphatic heterocycles. The minimum Gasteiger partial charge on any atom is -0.497 e. The van der Waals surface area contributed by atoms with Crippen LogP contribution in [0.1, 0.15) is 47.4 Å². The number of hydrogen-bond acceptors (Lipinski definition) is 4. The summed E-state index contributed by atoms with van der Waals surface area (Å²) < 4.78 is 18.4. The van der Waals surface area contributed by atoms with Crippen LogP contribution in [0.2, 0.25) is 0 Å². The Labute approximate surface area is 199 Å². The fourth-order valence-corrected chi connectivity index (χ4v) is 4.29. The van der Waals surface area contributed by atoms with Crippen molar-refractivity contribution in [2.75, 3.05) is 33.3 Å². The Balaban J connectivity index is 1.71. The van der Waals surface area contributed by atoms with Gasteiger partial charge in [-0.2, -0.15) is 0 Å². The van der Waals surface area contributed by atoms with Gasteiger partial charge in [-0.15, -0.1) is 0 Å². The number of carbonyl (C=O) groups excluding carboxylic acids is 3. The summed E-state index contributed by atoms with van der Waals surface area (Å²) >= 11 is 0. The molecule has 2 aromatic carbocycles. The van der Waals surface area contributed by atoms with Crippen LogP contribution in [0.15, 0.2) is 48.5 Å². The van der Waals surface area contributed by atoms with E-state index in [1.54, 1.807) is 41.2 Å². The minimum absolute atomic E-state index is 0.0666. The van der Waals surface area contributed by atoms with Crippen molar-refractivity contribution in [3.8, 4) is 5.75 Å². The van der Waals surface area contributed by atoms with Gasteiger partial charge in [0.1, 0.15) is 17.6 Å². The van der Waals surface area contributed by atoms with Gasteiger partial charge in [0.05, 0.1) is 7.11 Å². The minimum atomic E-state index is -0.712. The van der Waals surface area contributed by atoms with Crippen LogP contribution >= 0.6 is 0 Å². The number of hydrogen-bond donors (Lipinski definition) is 1. The van der Waals surface area contributed by atoms with E-state index in [2.05, 4.69) is 5.32 Å². The molecule has 1 heterocycles. The van der Waals surface area contributed by atoms with Gasteiger partial charge < -0.3 is 19.9 Å². The van der Waals surface area contributed by atoms with Crippen molar-refractivity contribution in [2.24, 2.45) is 5.92 Å². The molecule has 0 aliphatic carbocycles. The molecule has 1 aliphatic rings. The summed E-state index contributed by atoms with van der Waals surface area (Å²) in [6, 6.07) is 11.5. The van der Waals surface area contributed by atoms with Crippen molar-refractivity contribution in [3.05, 3.63) is 65.5 Å². The zero-order valence-corrected chi connectivity index (χ0v) is 19.9. The smallest absolute Gasteiger partial charge is 0.253 e.